The first-order valence-electron chi connectivity index (χ1n) is 7.63. The van der Waals surface area contributed by atoms with Gasteiger partial charge in [-0.05, 0) is 39.7 Å². The fourth-order valence-corrected chi connectivity index (χ4v) is 3.17. The molecule has 0 fully saturated rings. The van der Waals surface area contributed by atoms with E-state index in [9.17, 15) is 0 Å². The van der Waals surface area contributed by atoms with Crippen molar-refractivity contribution in [2.24, 2.45) is 0 Å². The smallest absolute Gasteiger partial charge is 0.181 e. The van der Waals surface area contributed by atoms with Gasteiger partial charge >= 0.3 is 0 Å². The first-order chi connectivity index (χ1) is 12.2. The van der Waals surface area contributed by atoms with Crippen LogP contribution in [0.3, 0.4) is 0 Å². The van der Waals surface area contributed by atoms with Gasteiger partial charge in [-0.25, -0.2) is 9.97 Å². The van der Waals surface area contributed by atoms with Crippen molar-refractivity contribution in [3.8, 4) is 11.3 Å². The molecule has 0 amide bonds. The first-order valence-corrected chi connectivity index (χ1v) is 8.81. The maximum absolute atomic E-state index is 6.35. The normalized spacial score (nSPS) is 11.0. The minimum absolute atomic E-state index is 0.627. The van der Waals surface area contributed by atoms with E-state index in [1.165, 1.54) is 0 Å². The van der Waals surface area contributed by atoms with Crippen LogP contribution in [0.25, 0.3) is 16.9 Å². The molecule has 25 heavy (non-hydrogen) atoms. The van der Waals surface area contributed by atoms with Gasteiger partial charge in [0.05, 0.1) is 16.9 Å². The van der Waals surface area contributed by atoms with E-state index >= 15 is 0 Å². The van der Waals surface area contributed by atoms with Crippen molar-refractivity contribution in [3.05, 3.63) is 76.4 Å². The third-order valence-corrected chi connectivity index (χ3v) is 4.72. The Morgan fingerprint density at radius 3 is 2.72 bits per heavy atom. The summed E-state index contributed by atoms with van der Waals surface area (Å²) in [5.74, 6) is 0.694. The van der Waals surface area contributed by atoms with Crippen LogP contribution in [0.5, 0.6) is 0 Å². The van der Waals surface area contributed by atoms with Gasteiger partial charge in [0.25, 0.3) is 0 Å². The summed E-state index contributed by atoms with van der Waals surface area (Å²) in [5, 5.41) is 4.02. The molecule has 1 aromatic carbocycles. The van der Waals surface area contributed by atoms with Crippen molar-refractivity contribution >= 4 is 39.0 Å². The number of halogens is 2. The molecule has 7 heteroatoms. The van der Waals surface area contributed by atoms with E-state index in [-0.39, 0.29) is 0 Å². The Labute approximate surface area is 157 Å². The third-order valence-electron chi connectivity index (χ3n) is 3.81. The summed E-state index contributed by atoms with van der Waals surface area (Å²) in [6.07, 6.45) is 7.22. The average molecular weight is 415 g/mol. The summed E-state index contributed by atoms with van der Waals surface area (Å²) < 4.78 is 2.80. The molecular formula is C18H13BrClN5. The molecule has 3 heterocycles. The Bertz CT molecular complexity index is 1030. The number of anilines is 1. The van der Waals surface area contributed by atoms with Crippen LogP contribution in [0.15, 0.2) is 65.8 Å². The summed E-state index contributed by atoms with van der Waals surface area (Å²) in [4.78, 5) is 13.2. The molecule has 5 nitrogen and oxygen atoms in total. The van der Waals surface area contributed by atoms with E-state index < -0.39 is 0 Å². The molecule has 0 radical (unpaired) electrons. The minimum atomic E-state index is 0.627. The van der Waals surface area contributed by atoms with E-state index in [4.69, 9.17) is 16.6 Å². The van der Waals surface area contributed by atoms with Crippen LogP contribution in [-0.4, -0.2) is 19.4 Å². The highest BCUT2D eigenvalue weighted by molar-refractivity contribution is 9.10. The summed E-state index contributed by atoms with van der Waals surface area (Å²) in [5.41, 5.74) is 3.51. The zero-order valence-corrected chi connectivity index (χ0v) is 15.4. The van der Waals surface area contributed by atoms with E-state index in [1.807, 2.05) is 47.0 Å². The highest BCUT2D eigenvalue weighted by Crippen LogP contribution is 2.29. The van der Waals surface area contributed by atoms with Crippen molar-refractivity contribution in [1.29, 1.82) is 0 Å². The molecule has 0 spiro atoms. The zero-order chi connectivity index (χ0) is 17.2. The van der Waals surface area contributed by atoms with Crippen molar-refractivity contribution in [2.45, 2.75) is 6.54 Å². The standard InChI is InChI=1S/C18H13BrClN5/c19-16-10-23-18-17(22-9-12-5-7-21-8-6-12)24-15(11-25(16)18)13-3-1-2-4-14(13)20/h1-8,10-11H,9H2,(H,22,24). The molecule has 0 bridgehead atoms. The Hall–Kier alpha value is -2.44. The summed E-state index contributed by atoms with van der Waals surface area (Å²) >= 11 is 9.87. The second kappa shape index (κ2) is 6.82. The lowest BCUT2D eigenvalue weighted by molar-refractivity contribution is 1.06. The van der Waals surface area contributed by atoms with Crippen LogP contribution in [0, 0.1) is 0 Å². The number of nitrogens with zero attached hydrogens (tertiary/aromatic N) is 4. The quantitative estimate of drug-likeness (QED) is 0.520. The van der Waals surface area contributed by atoms with Gasteiger partial charge in [0.2, 0.25) is 0 Å². The molecule has 0 saturated carbocycles. The van der Waals surface area contributed by atoms with E-state index in [1.54, 1.807) is 18.6 Å². The number of pyridine rings is 1. The van der Waals surface area contributed by atoms with Crippen molar-refractivity contribution in [1.82, 2.24) is 19.4 Å². The Balaban J connectivity index is 1.78. The number of rotatable bonds is 4. The van der Waals surface area contributed by atoms with Gasteiger partial charge in [0, 0.05) is 30.7 Å². The van der Waals surface area contributed by atoms with Gasteiger partial charge in [-0.2, -0.15) is 0 Å². The third kappa shape index (κ3) is 3.23. The van der Waals surface area contributed by atoms with Crippen LogP contribution in [0.1, 0.15) is 5.56 Å². The Morgan fingerprint density at radius 1 is 1.12 bits per heavy atom. The van der Waals surface area contributed by atoms with Crippen LogP contribution in [0.4, 0.5) is 5.82 Å². The van der Waals surface area contributed by atoms with Gasteiger partial charge in [0.15, 0.2) is 11.5 Å². The highest BCUT2D eigenvalue weighted by atomic mass is 79.9. The van der Waals surface area contributed by atoms with Gasteiger partial charge in [-0.15, -0.1) is 0 Å². The Morgan fingerprint density at radius 2 is 1.92 bits per heavy atom. The second-order valence-corrected chi connectivity index (χ2v) is 6.66. The summed E-state index contributed by atoms with van der Waals surface area (Å²) in [6.45, 7) is 0.627. The maximum atomic E-state index is 6.35. The molecule has 0 saturated heterocycles. The number of nitrogens with one attached hydrogen (secondary N) is 1. The molecule has 0 aliphatic carbocycles. The summed E-state index contributed by atoms with van der Waals surface area (Å²) in [7, 11) is 0. The number of imidazole rings is 1. The molecule has 1 N–H and O–H groups in total. The molecule has 124 valence electrons. The van der Waals surface area contributed by atoms with Gasteiger partial charge in [0.1, 0.15) is 4.60 Å². The number of benzene rings is 1. The number of fused-ring (bicyclic) bond motifs is 1. The minimum Gasteiger partial charge on any atom is -0.363 e. The lowest BCUT2D eigenvalue weighted by Crippen LogP contribution is -2.05. The fraction of sp³-hybridized carbons (Fsp3) is 0.0556. The Kier molecular flexibility index (Phi) is 4.38. The van der Waals surface area contributed by atoms with Crippen LogP contribution >= 0.6 is 27.5 Å². The molecule has 4 aromatic rings. The number of aromatic nitrogens is 4. The second-order valence-electron chi connectivity index (χ2n) is 5.44. The molecule has 4 rings (SSSR count). The fourth-order valence-electron chi connectivity index (χ4n) is 2.56. The molecule has 0 aliphatic heterocycles. The predicted molar refractivity (Wildman–Crippen MR) is 103 cm³/mol. The van der Waals surface area contributed by atoms with Gasteiger partial charge in [-0.1, -0.05) is 29.8 Å². The molecular weight excluding hydrogens is 402 g/mol. The maximum Gasteiger partial charge on any atom is 0.181 e. The van der Waals surface area contributed by atoms with E-state index in [2.05, 4.69) is 31.2 Å². The predicted octanol–water partition coefficient (Wildman–Crippen LogP) is 4.82. The topological polar surface area (TPSA) is 55.1 Å². The van der Waals surface area contributed by atoms with Gasteiger partial charge in [-0.3, -0.25) is 9.38 Å². The highest BCUT2D eigenvalue weighted by Gasteiger charge is 2.13. The first kappa shape index (κ1) is 16.1. The monoisotopic (exact) mass is 413 g/mol. The van der Waals surface area contributed by atoms with Crippen LogP contribution in [-0.2, 0) is 6.54 Å². The molecule has 0 atom stereocenters. The zero-order valence-electron chi connectivity index (χ0n) is 13.0. The van der Waals surface area contributed by atoms with Crippen molar-refractivity contribution in [3.63, 3.8) is 0 Å². The van der Waals surface area contributed by atoms with Crippen molar-refractivity contribution < 1.29 is 0 Å². The number of hydrogen-bond donors (Lipinski definition) is 1. The van der Waals surface area contributed by atoms with Crippen LogP contribution < -0.4 is 5.32 Å². The average Bonchev–Trinajstić information content (AvgIpc) is 3.02. The molecule has 0 unspecified atom stereocenters. The molecule has 0 aliphatic rings. The van der Waals surface area contributed by atoms with Crippen LogP contribution in [0.2, 0.25) is 5.02 Å². The van der Waals surface area contributed by atoms with Gasteiger partial charge < -0.3 is 5.32 Å². The van der Waals surface area contributed by atoms with E-state index in [0.717, 1.165) is 27.1 Å². The largest absolute Gasteiger partial charge is 0.363 e. The lowest BCUT2D eigenvalue weighted by Gasteiger charge is -2.11. The van der Waals surface area contributed by atoms with Crippen molar-refractivity contribution in [2.75, 3.05) is 5.32 Å². The van der Waals surface area contributed by atoms with E-state index in [0.29, 0.717) is 17.4 Å². The number of hydrogen-bond acceptors (Lipinski definition) is 4. The lowest BCUT2D eigenvalue weighted by atomic mass is 10.1. The SMILES string of the molecule is Clc1ccccc1-c1cn2c(Br)cnc2c(NCc2ccncc2)n1. The summed E-state index contributed by atoms with van der Waals surface area (Å²) in [6, 6.07) is 11.6. The molecule has 3 aromatic heterocycles.